The number of nitrogen functional groups attached to an aromatic ring is 1. The average molecular weight is 206 g/mol. The first-order valence-corrected chi connectivity index (χ1v) is 5.40. The molecule has 0 aromatic heterocycles. The lowest BCUT2D eigenvalue weighted by molar-refractivity contribution is 0.0351. The molecule has 2 rings (SSSR count). The fourth-order valence-corrected chi connectivity index (χ4v) is 2.00. The van der Waals surface area contributed by atoms with E-state index in [4.69, 9.17) is 5.73 Å². The molecule has 1 aromatic rings. The molecular weight excluding hydrogens is 188 g/mol. The van der Waals surface area contributed by atoms with Gasteiger partial charge < -0.3 is 15.7 Å². The second-order valence-electron chi connectivity index (χ2n) is 4.54. The highest BCUT2D eigenvalue weighted by Crippen LogP contribution is 2.29. The summed E-state index contributed by atoms with van der Waals surface area (Å²) in [6.45, 7) is 3.65. The molecule has 1 fully saturated rings. The van der Waals surface area contributed by atoms with Gasteiger partial charge in [0.25, 0.3) is 0 Å². The number of hydrogen-bond donors (Lipinski definition) is 2. The van der Waals surface area contributed by atoms with Gasteiger partial charge in [0.1, 0.15) is 0 Å². The minimum Gasteiger partial charge on any atom is -0.397 e. The number of benzene rings is 1. The van der Waals surface area contributed by atoms with E-state index >= 15 is 0 Å². The van der Waals surface area contributed by atoms with E-state index in [-0.39, 0.29) is 0 Å². The highest BCUT2D eigenvalue weighted by Gasteiger charge is 2.27. The summed E-state index contributed by atoms with van der Waals surface area (Å²) >= 11 is 0. The van der Waals surface area contributed by atoms with Crippen LogP contribution >= 0.6 is 0 Å². The van der Waals surface area contributed by atoms with Gasteiger partial charge in [0, 0.05) is 13.1 Å². The van der Waals surface area contributed by atoms with Gasteiger partial charge in [-0.2, -0.15) is 0 Å². The monoisotopic (exact) mass is 206 g/mol. The average Bonchev–Trinajstić information content (AvgIpc) is 2.19. The first-order chi connectivity index (χ1) is 7.08. The SMILES string of the molecule is CC1(O)CCN(c2ccccc2N)CC1. The van der Waals surface area contributed by atoms with Gasteiger partial charge in [0.15, 0.2) is 0 Å². The number of anilines is 2. The quantitative estimate of drug-likeness (QED) is 0.686. The van der Waals surface area contributed by atoms with Crippen molar-refractivity contribution in [1.82, 2.24) is 0 Å². The van der Waals surface area contributed by atoms with Gasteiger partial charge in [-0.15, -0.1) is 0 Å². The summed E-state index contributed by atoms with van der Waals surface area (Å²) in [5.74, 6) is 0. The Kier molecular flexibility index (Phi) is 2.57. The Balaban J connectivity index is 2.11. The molecule has 1 aliphatic rings. The standard InChI is InChI=1S/C12H18N2O/c1-12(15)6-8-14(9-7-12)11-5-3-2-4-10(11)13/h2-5,15H,6-9,13H2,1H3. The van der Waals surface area contributed by atoms with Crippen LogP contribution < -0.4 is 10.6 Å². The van der Waals surface area contributed by atoms with Crippen LogP contribution in [-0.4, -0.2) is 23.8 Å². The third kappa shape index (κ3) is 2.23. The largest absolute Gasteiger partial charge is 0.397 e. The lowest BCUT2D eigenvalue weighted by Gasteiger charge is -2.37. The van der Waals surface area contributed by atoms with Gasteiger partial charge in [-0.3, -0.25) is 0 Å². The molecule has 1 saturated heterocycles. The van der Waals surface area contributed by atoms with Gasteiger partial charge in [0.2, 0.25) is 0 Å². The number of nitrogens with two attached hydrogens (primary N) is 1. The molecule has 0 atom stereocenters. The van der Waals surface area contributed by atoms with Crippen LogP contribution in [0.2, 0.25) is 0 Å². The van der Waals surface area contributed by atoms with Gasteiger partial charge in [-0.1, -0.05) is 12.1 Å². The molecule has 1 heterocycles. The van der Waals surface area contributed by atoms with E-state index in [9.17, 15) is 5.11 Å². The van der Waals surface area contributed by atoms with Crippen molar-refractivity contribution >= 4 is 11.4 Å². The Bertz CT molecular complexity index is 339. The molecule has 3 nitrogen and oxygen atoms in total. The van der Waals surface area contributed by atoms with Crippen LogP contribution in [0.15, 0.2) is 24.3 Å². The highest BCUT2D eigenvalue weighted by molar-refractivity contribution is 5.67. The molecule has 15 heavy (non-hydrogen) atoms. The van der Waals surface area contributed by atoms with E-state index in [1.807, 2.05) is 31.2 Å². The zero-order valence-electron chi connectivity index (χ0n) is 9.11. The molecule has 0 aliphatic carbocycles. The fourth-order valence-electron chi connectivity index (χ4n) is 2.00. The molecule has 0 bridgehead atoms. The minimum atomic E-state index is -0.500. The van der Waals surface area contributed by atoms with Crippen LogP contribution in [0.3, 0.4) is 0 Å². The normalized spacial score (nSPS) is 20.3. The van der Waals surface area contributed by atoms with Crippen molar-refractivity contribution in [1.29, 1.82) is 0 Å². The summed E-state index contributed by atoms with van der Waals surface area (Å²) in [6.07, 6.45) is 1.61. The summed E-state index contributed by atoms with van der Waals surface area (Å²) in [7, 11) is 0. The van der Waals surface area contributed by atoms with E-state index in [1.54, 1.807) is 0 Å². The van der Waals surface area contributed by atoms with Crippen LogP contribution in [0.25, 0.3) is 0 Å². The molecular formula is C12H18N2O. The highest BCUT2D eigenvalue weighted by atomic mass is 16.3. The Morgan fingerprint density at radius 1 is 1.27 bits per heavy atom. The maximum atomic E-state index is 9.85. The van der Waals surface area contributed by atoms with Crippen molar-refractivity contribution in [3.63, 3.8) is 0 Å². The fraction of sp³-hybridized carbons (Fsp3) is 0.500. The molecule has 3 heteroatoms. The van der Waals surface area contributed by atoms with E-state index in [0.717, 1.165) is 37.3 Å². The number of aliphatic hydroxyl groups is 1. The van der Waals surface area contributed by atoms with Crippen LogP contribution in [0, 0.1) is 0 Å². The first-order valence-electron chi connectivity index (χ1n) is 5.40. The lowest BCUT2D eigenvalue weighted by atomic mass is 9.93. The molecule has 82 valence electrons. The molecule has 0 spiro atoms. The Labute approximate surface area is 90.5 Å². The zero-order chi connectivity index (χ0) is 10.9. The number of rotatable bonds is 1. The topological polar surface area (TPSA) is 49.5 Å². The Hall–Kier alpha value is -1.22. The maximum absolute atomic E-state index is 9.85. The smallest absolute Gasteiger partial charge is 0.0653 e. The first kappa shape index (κ1) is 10.3. The molecule has 3 N–H and O–H groups in total. The van der Waals surface area contributed by atoms with Gasteiger partial charge in [-0.25, -0.2) is 0 Å². The van der Waals surface area contributed by atoms with Crippen molar-refractivity contribution < 1.29 is 5.11 Å². The molecule has 0 unspecified atom stereocenters. The molecule has 0 radical (unpaired) electrons. The second kappa shape index (κ2) is 3.74. The number of nitrogens with zero attached hydrogens (tertiary/aromatic N) is 1. The van der Waals surface area contributed by atoms with E-state index in [1.165, 1.54) is 0 Å². The number of piperidine rings is 1. The summed E-state index contributed by atoms with van der Waals surface area (Å²) < 4.78 is 0. The van der Waals surface area contributed by atoms with E-state index in [0.29, 0.717) is 0 Å². The van der Waals surface area contributed by atoms with Crippen LogP contribution in [-0.2, 0) is 0 Å². The number of para-hydroxylation sites is 2. The van der Waals surface area contributed by atoms with Crippen molar-refractivity contribution in [2.45, 2.75) is 25.4 Å². The zero-order valence-corrected chi connectivity index (χ0v) is 9.11. The van der Waals surface area contributed by atoms with Gasteiger partial charge >= 0.3 is 0 Å². The third-order valence-electron chi connectivity index (χ3n) is 3.12. The Morgan fingerprint density at radius 2 is 1.87 bits per heavy atom. The summed E-state index contributed by atoms with van der Waals surface area (Å²) in [5.41, 5.74) is 7.32. The molecule has 0 saturated carbocycles. The van der Waals surface area contributed by atoms with Crippen molar-refractivity contribution in [3.05, 3.63) is 24.3 Å². The third-order valence-corrected chi connectivity index (χ3v) is 3.12. The van der Waals surface area contributed by atoms with Crippen LogP contribution in [0.1, 0.15) is 19.8 Å². The van der Waals surface area contributed by atoms with E-state index in [2.05, 4.69) is 4.90 Å². The molecule has 1 aliphatic heterocycles. The predicted molar refractivity (Wildman–Crippen MR) is 62.9 cm³/mol. The van der Waals surface area contributed by atoms with Crippen molar-refractivity contribution in [3.8, 4) is 0 Å². The van der Waals surface area contributed by atoms with Gasteiger partial charge in [-0.05, 0) is 31.9 Å². The second-order valence-corrected chi connectivity index (χ2v) is 4.54. The van der Waals surface area contributed by atoms with Gasteiger partial charge in [0.05, 0.1) is 17.0 Å². The molecule has 1 aromatic carbocycles. The van der Waals surface area contributed by atoms with Crippen LogP contribution in [0.5, 0.6) is 0 Å². The summed E-state index contributed by atoms with van der Waals surface area (Å²) in [6, 6.07) is 7.90. The van der Waals surface area contributed by atoms with E-state index < -0.39 is 5.60 Å². The summed E-state index contributed by atoms with van der Waals surface area (Å²) in [4.78, 5) is 2.24. The van der Waals surface area contributed by atoms with Crippen LogP contribution in [0.4, 0.5) is 11.4 Å². The minimum absolute atomic E-state index is 0.500. The summed E-state index contributed by atoms with van der Waals surface area (Å²) in [5, 5.41) is 9.85. The molecule has 0 amide bonds. The van der Waals surface area contributed by atoms with Crippen molar-refractivity contribution in [2.75, 3.05) is 23.7 Å². The van der Waals surface area contributed by atoms with Crippen molar-refractivity contribution in [2.24, 2.45) is 0 Å². The predicted octanol–water partition coefficient (Wildman–Crippen LogP) is 1.62. The number of hydrogen-bond acceptors (Lipinski definition) is 3. The lowest BCUT2D eigenvalue weighted by Crippen LogP contribution is -2.42. The maximum Gasteiger partial charge on any atom is 0.0653 e. The Morgan fingerprint density at radius 3 is 2.47 bits per heavy atom.